The van der Waals surface area contributed by atoms with Gasteiger partial charge in [-0.1, -0.05) is 20.8 Å². The van der Waals surface area contributed by atoms with Gasteiger partial charge in [0.2, 0.25) is 5.91 Å². The summed E-state index contributed by atoms with van der Waals surface area (Å²) in [6.07, 6.45) is 0. The van der Waals surface area contributed by atoms with Crippen molar-refractivity contribution in [3.05, 3.63) is 17.7 Å². The van der Waals surface area contributed by atoms with Crippen LogP contribution in [0, 0.1) is 18.8 Å². The second-order valence-corrected chi connectivity index (χ2v) is 7.84. The molecule has 0 fully saturated rings. The number of benzene rings is 1. The van der Waals surface area contributed by atoms with Crippen LogP contribution in [0.5, 0.6) is 5.75 Å². The minimum atomic E-state index is -3.97. The molecule has 0 bridgehead atoms. The molecular formula is C14H20ClNO4S. The Hall–Kier alpha value is -1.27. The van der Waals surface area contributed by atoms with Crippen LogP contribution in [0.25, 0.3) is 0 Å². The number of aryl methyl sites for hydroxylation is 1. The van der Waals surface area contributed by atoms with Crippen molar-refractivity contribution < 1.29 is 17.9 Å². The molecule has 1 N–H and O–H groups in total. The number of nitrogens with one attached hydrogen (secondary N) is 1. The van der Waals surface area contributed by atoms with E-state index in [0.717, 1.165) is 0 Å². The van der Waals surface area contributed by atoms with Gasteiger partial charge < -0.3 is 10.1 Å². The number of carbonyl (C=O) groups excluding carboxylic acids is 1. The second kappa shape index (κ2) is 6.66. The molecule has 1 rings (SSSR count). The predicted molar refractivity (Wildman–Crippen MR) is 83.4 cm³/mol. The highest BCUT2D eigenvalue weighted by Gasteiger charge is 2.23. The lowest BCUT2D eigenvalue weighted by atomic mass is 9.97. The van der Waals surface area contributed by atoms with Gasteiger partial charge in [-0.05, 0) is 30.5 Å². The normalized spacial score (nSPS) is 13.1. The lowest BCUT2D eigenvalue weighted by Crippen LogP contribution is -2.24. The first-order valence-electron chi connectivity index (χ1n) is 6.52. The summed E-state index contributed by atoms with van der Waals surface area (Å²) in [6.45, 7) is 7.40. The fraction of sp³-hybridized carbons (Fsp3) is 0.500. The summed E-state index contributed by atoms with van der Waals surface area (Å²) in [7, 11) is 2.78. The molecule has 0 saturated carbocycles. The fourth-order valence-electron chi connectivity index (χ4n) is 1.77. The summed E-state index contributed by atoms with van der Waals surface area (Å²) < 4.78 is 28.4. The summed E-state index contributed by atoms with van der Waals surface area (Å²) in [4.78, 5) is 12.0. The van der Waals surface area contributed by atoms with E-state index in [0.29, 0.717) is 11.3 Å². The van der Waals surface area contributed by atoms with E-state index in [1.54, 1.807) is 13.0 Å². The van der Waals surface area contributed by atoms with Crippen LogP contribution in [0.15, 0.2) is 17.0 Å². The SMILES string of the molecule is COc1c(NC(=O)C(C)C(C)C)cc(C)cc1S(=O)(=O)Cl. The van der Waals surface area contributed by atoms with E-state index in [4.69, 9.17) is 15.4 Å². The van der Waals surface area contributed by atoms with Crippen molar-refractivity contribution in [3.8, 4) is 5.75 Å². The lowest BCUT2D eigenvalue weighted by molar-refractivity contribution is -0.120. The Morgan fingerprint density at radius 3 is 2.29 bits per heavy atom. The molecule has 7 heteroatoms. The minimum Gasteiger partial charge on any atom is -0.493 e. The van der Waals surface area contributed by atoms with Crippen molar-refractivity contribution in [2.24, 2.45) is 11.8 Å². The maximum atomic E-state index is 12.1. The quantitative estimate of drug-likeness (QED) is 0.840. The number of anilines is 1. The van der Waals surface area contributed by atoms with E-state index in [1.807, 2.05) is 20.8 Å². The summed E-state index contributed by atoms with van der Waals surface area (Å²) in [6, 6.07) is 3.05. The van der Waals surface area contributed by atoms with Crippen LogP contribution < -0.4 is 10.1 Å². The number of methoxy groups -OCH3 is 1. The zero-order valence-corrected chi connectivity index (χ0v) is 14.3. The first-order valence-corrected chi connectivity index (χ1v) is 8.83. The number of hydrogen-bond donors (Lipinski definition) is 1. The molecular weight excluding hydrogens is 314 g/mol. The first-order chi connectivity index (χ1) is 9.57. The smallest absolute Gasteiger partial charge is 0.265 e. The zero-order valence-electron chi connectivity index (χ0n) is 12.7. The maximum Gasteiger partial charge on any atom is 0.265 e. The van der Waals surface area contributed by atoms with E-state index >= 15 is 0 Å². The van der Waals surface area contributed by atoms with Crippen LogP contribution in [0.4, 0.5) is 5.69 Å². The number of carbonyl (C=O) groups is 1. The van der Waals surface area contributed by atoms with Crippen LogP contribution in [0.1, 0.15) is 26.3 Å². The fourth-order valence-corrected chi connectivity index (χ4v) is 2.86. The summed E-state index contributed by atoms with van der Waals surface area (Å²) in [5.74, 6) is -0.213. The van der Waals surface area contributed by atoms with Gasteiger partial charge in [0.25, 0.3) is 9.05 Å². The number of halogens is 1. The minimum absolute atomic E-state index is 0.0416. The molecule has 118 valence electrons. The van der Waals surface area contributed by atoms with Crippen molar-refractivity contribution in [2.75, 3.05) is 12.4 Å². The zero-order chi connectivity index (χ0) is 16.4. The Balaban J connectivity index is 3.31. The lowest BCUT2D eigenvalue weighted by Gasteiger charge is -2.18. The predicted octanol–water partition coefficient (Wildman–Crippen LogP) is 3.16. The highest BCUT2D eigenvalue weighted by Crippen LogP contribution is 2.36. The highest BCUT2D eigenvalue weighted by molar-refractivity contribution is 8.13. The van der Waals surface area contributed by atoms with E-state index in [-0.39, 0.29) is 28.4 Å². The van der Waals surface area contributed by atoms with Crippen LogP contribution in [-0.4, -0.2) is 21.4 Å². The molecule has 1 aromatic carbocycles. The Bertz CT molecular complexity index is 641. The van der Waals surface area contributed by atoms with Crippen LogP contribution in [0.2, 0.25) is 0 Å². The number of ether oxygens (including phenoxy) is 1. The first kappa shape index (κ1) is 17.8. The number of hydrogen-bond acceptors (Lipinski definition) is 4. The van der Waals surface area contributed by atoms with Gasteiger partial charge in [-0.3, -0.25) is 4.79 Å². The number of amides is 1. The molecule has 1 amide bonds. The van der Waals surface area contributed by atoms with Crippen LogP contribution in [-0.2, 0) is 13.8 Å². The molecule has 21 heavy (non-hydrogen) atoms. The molecule has 0 aromatic heterocycles. The van der Waals surface area contributed by atoms with E-state index in [2.05, 4.69) is 5.32 Å². The van der Waals surface area contributed by atoms with Crippen molar-refractivity contribution in [2.45, 2.75) is 32.6 Å². The van der Waals surface area contributed by atoms with Crippen molar-refractivity contribution in [3.63, 3.8) is 0 Å². The Morgan fingerprint density at radius 2 is 1.86 bits per heavy atom. The topological polar surface area (TPSA) is 72.5 Å². The largest absolute Gasteiger partial charge is 0.493 e. The molecule has 0 aliphatic heterocycles. The Morgan fingerprint density at radius 1 is 1.29 bits per heavy atom. The average Bonchev–Trinajstić information content (AvgIpc) is 2.35. The average molecular weight is 334 g/mol. The van der Waals surface area contributed by atoms with Gasteiger partial charge in [-0.15, -0.1) is 0 Å². The van der Waals surface area contributed by atoms with Crippen molar-refractivity contribution in [1.29, 1.82) is 0 Å². The van der Waals surface area contributed by atoms with E-state index in [1.165, 1.54) is 13.2 Å². The molecule has 0 radical (unpaired) electrons. The summed E-state index contributed by atoms with van der Waals surface area (Å²) in [5.41, 5.74) is 0.955. The Labute approximate surface area is 130 Å². The van der Waals surface area contributed by atoms with Crippen molar-refractivity contribution >= 4 is 31.3 Å². The molecule has 1 unspecified atom stereocenters. The van der Waals surface area contributed by atoms with E-state index in [9.17, 15) is 13.2 Å². The van der Waals surface area contributed by atoms with Gasteiger partial charge in [0.05, 0.1) is 12.8 Å². The summed E-state index contributed by atoms with van der Waals surface area (Å²) >= 11 is 0. The van der Waals surface area contributed by atoms with Gasteiger partial charge in [-0.25, -0.2) is 8.42 Å². The Kier molecular flexibility index (Phi) is 5.64. The third kappa shape index (κ3) is 4.35. The van der Waals surface area contributed by atoms with E-state index < -0.39 is 9.05 Å². The van der Waals surface area contributed by atoms with Gasteiger partial charge in [0.15, 0.2) is 5.75 Å². The van der Waals surface area contributed by atoms with Gasteiger partial charge >= 0.3 is 0 Å². The second-order valence-electron chi connectivity index (χ2n) is 5.30. The van der Waals surface area contributed by atoms with Gasteiger partial charge in [-0.2, -0.15) is 0 Å². The monoisotopic (exact) mass is 333 g/mol. The van der Waals surface area contributed by atoms with Crippen molar-refractivity contribution in [1.82, 2.24) is 0 Å². The third-order valence-corrected chi connectivity index (χ3v) is 4.66. The highest BCUT2D eigenvalue weighted by atomic mass is 35.7. The number of rotatable bonds is 5. The van der Waals surface area contributed by atoms with Gasteiger partial charge in [0.1, 0.15) is 4.90 Å². The van der Waals surface area contributed by atoms with Gasteiger partial charge in [0, 0.05) is 16.6 Å². The molecule has 0 spiro atoms. The van der Waals surface area contributed by atoms with Crippen LogP contribution in [0.3, 0.4) is 0 Å². The standard InChI is InChI=1S/C14H20ClNO4S/c1-8(2)10(4)14(17)16-11-6-9(3)7-12(13(11)20-5)21(15,18)19/h6-8,10H,1-5H3,(H,16,17). The van der Waals surface area contributed by atoms with Crippen LogP contribution >= 0.6 is 10.7 Å². The molecule has 0 heterocycles. The third-order valence-electron chi connectivity index (χ3n) is 3.34. The molecule has 1 aromatic rings. The molecule has 1 atom stereocenters. The molecule has 0 aliphatic carbocycles. The maximum absolute atomic E-state index is 12.1. The summed E-state index contributed by atoms with van der Waals surface area (Å²) in [5, 5.41) is 2.71. The molecule has 5 nitrogen and oxygen atoms in total. The molecule has 0 aliphatic rings. The molecule has 0 saturated heterocycles.